The number of hydrogen-bond acceptors (Lipinski definition) is 7. The second-order valence-corrected chi connectivity index (χ2v) is 9.62. The van der Waals surface area contributed by atoms with Crippen LogP contribution in [0.15, 0.2) is 34.5 Å². The molecule has 10 heteroatoms. The molecule has 0 fully saturated rings. The van der Waals surface area contributed by atoms with Gasteiger partial charge in [-0.1, -0.05) is 24.3 Å². The van der Waals surface area contributed by atoms with Crippen LogP contribution in [0.2, 0.25) is 0 Å². The van der Waals surface area contributed by atoms with E-state index in [1.807, 2.05) is 52.0 Å². The molecule has 36 heavy (non-hydrogen) atoms. The van der Waals surface area contributed by atoms with Gasteiger partial charge in [0.1, 0.15) is 11.6 Å². The van der Waals surface area contributed by atoms with E-state index in [1.54, 1.807) is 13.8 Å². The number of carbonyl (C=O) groups excluding carboxylic acids is 2. The van der Waals surface area contributed by atoms with Crippen molar-refractivity contribution in [3.63, 3.8) is 0 Å². The van der Waals surface area contributed by atoms with E-state index in [2.05, 4.69) is 21.3 Å². The Hall–Kier alpha value is -2.82. The summed E-state index contributed by atoms with van der Waals surface area (Å²) >= 11 is 0. The lowest BCUT2D eigenvalue weighted by molar-refractivity contribution is -0.124. The third-order valence-electron chi connectivity index (χ3n) is 5.15. The lowest BCUT2D eigenvalue weighted by Gasteiger charge is -2.29. The zero-order chi connectivity index (χ0) is 27.8. The number of nitrogens with one attached hydrogen (secondary N) is 1. The predicted molar refractivity (Wildman–Crippen MR) is 146 cm³/mol. The van der Waals surface area contributed by atoms with Gasteiger partial charge in [0.25, 0.3) is 0 Å². The predicted octanol–water partition coefficient (Wildman–Crippen LogP) is 2.61. The Bertz CT molecular complexity index is 860. The minimum atomic E-state index is -0.435. The van der Waals surface area contributed by atoms with Gasteiger partial charge in [-0.3, -0.25) is 9.59 Å². The molecule has 10 nitrogen and oxygen atoms in total. The molecule has 0 bridgehead atoms. The summed E-state index contributed by atoms with van der Waals surface area (Å²) in [4.78, 5) is 23.4. The molecule has 0 saturated carbocycles. The van der Waals surface area contributed by atoms with Gasteiger partial charge in [0.15, 0.2) is 5.84 Å². The monoisotopic (exact) mass is 506 g/mol. The van der Waals surface area contributed by atoms with E-state index in [9.17, 15) is 9.59 Å². The van der Waals surface area contributed by atoms with Gasteiger partial charge >= 0.3 is 0 Å². The molecular weight excluding hydrogens is 460 g/mol. The van der Waals surface area contributed by atoms with Crippen molar-refractivity contribution in [3.8, 4) is 0 Å². The largest absolute Gasteiger partial charge is 0.386 e. The van der Waals surface area contributed by atoms with Gasteiger partial charge < -0.3 is 32.0 Å². The van der Waals surface area contributed by atoms with E-state index >= 15 is 0 Å². The Kier molecular flexibility index (Phi) is 15.5. The Morgan fingerprint density at radius 3 is 1.97 bits per heavy atom. The number of nitrogens with two attached hydrogens (primary N) is 3. The lowest BCUT2D eigenvalue weighted by Crippen LogP contribution is -2.32. The van der Waals surface area contributed by atoms with Gasteiger partial charge in [-0.15, -0.1) is 10.2 Å². The third kappa shape index (κ3) is 16.0. The zero-order valence-corrected chi connectivity index (χ0v) is 23.0. The molecule has 0 heterocycles. The molecular formula is C26H46N6O4. The van der Waals surface area contributed by atoms with E-state index in [1.165, 1.54) is 7.05 Å². The Morgan fingerprint density at radius 2 is 1.42 bits per heavy atom. The van der Waals surface area contributed by atoms with Gasteiger partial charge in [-0.25, -0.2) is 0 Å². The summed E-state index contributed by atoms with van der Waals surface area (Å²) in [5.41, 5.74) is 16.7. The second-order valence-electron chi connectivity index (χ2n) is 9.62. The summed E-state index contributed by atoms with van der Waals surface area (Å²) < 4.78 is 11.8. The number of amidine groups is 2. The molecule has 1 aromatic rings. The summed E-state index contributed by atoms with van der Waals surface area (Å²) in [5, 5.41) is 10.5. The molecule has 1 rings (SSSR count). The van der Waals surface area contributed by atoms with Gasteiger partial charge in [0.2, 0.25) is 5.91 Å². The quantitative estimate of drug-likeness (QED) is 0.161. The molecule has 0 aliphatic heterocycles. The molecule has 0 aliphatic carbocycles. The highest BCUT2D eigenvalue weighted by Crippen LogP contribution is 2.21. The van der Waals surface area contributed by atoms with Crippen LogP contribution in [0.1, 0.15) is 78.4 Å². The maximum atomic E-state index is 12.3. The zero-order valence-electron chi connectivity index (χ0n) is 23.0. The van der Waals surface area contributed by atoms with Crippen LogP contribution in [0.4, 0.5) is 0 Å². The van der Waals surface area contributed by atoms with Gasteiger partial charge in [-0.2, -0.15) is 0 Å². The lowest BCUT2D eigenvalue weighted by atomic mass is 10.0. The summed E-state index contributed by atoms with van der Waals surface area (Å²) in [6, 6.07) is 7.41. The summed E-state index contributed by atoms with van der Waals surface area (Å²) in [6.07, 6.45) is 2.07. The smallest absolute Gasteiger partial charge is 0.220 e. The van der Waals surface area contributed by atoms with Crippen molar-refractivity contribution < 1.29 is 19.1 Å². The van der Waals surface area contributed by atoms with Crippen LogP contribution in [0.5, 0.6) is 0 Å². The minimum Gasteiger partial charge on any atom is -0.386 e. The number of Topliss-reactive ketones (excluding diaryl/α,β-unsaturated/α-hetero) is 1. The number of rotatable bonds is 15. The highest BCUT2D eigenvalue weighted by atomic mass is 16.5. The van der Waals surface area contributed by atoms with E-state index in [4.69, 9.17) is 20.9 Å². The van der Waals surface area contributed by atoms with Crippen LogP contribution in [-0.2, 0) is 25.6 Å². The highest BCUT2D eigenvalue weighted by molar-refractivity contribution is 5.97. The fourth-order valence-corrected chi connectivity index (χ4v) is 2.88. The molecule has 0 aromatic heterocycles. The van der Waals surface area contributed by atoms with E-state index in [-0.39, 0.29) is 23.1 Å². The molecule has 0 unspecified atom stereocenters. The van der Waals surface area contributed by atoms with Gasteiger partial charge in [-0.05, 0) is 67.0 Å². The number of ketones is 1. The first kappa shape index (κ1) is 33.2. The van der Waals surface area contributed by atoms with Crippen LogP contribution in [-0.4, -0.2) is 54.8 Å². The standard InChI is InChI=1S/C25H41N5O4.CH5N/c1-18(31)12-15-33-25(5,6)14-16-34-24(3,4)13-11-22(32)28-17-20-7-9-21(10-8-20)23(27)30-29-19(2)26;1-2/h7-10H,11-17H2,1-6H3,(H2,26,29)(H2,27,30)(H,28,32);2H2,1H3. The number of carbonyl (C=O) groups is 2. The van der Waals surface area contributed by atoms with Crippen LogP contribution in [0.3, 0.4) is 0 Å². The van der Waals surface area contributed by atoms with Crippen LogP contribution in [0.25, 0.3) is 0 Å². The van der Waals surface area contributed by atoms with Gasteiger partial charge in [0, 0.05) is 24.9 Å². The van der Waals surface area contributed by atoms with Crippen LogP contribution >= 0.6 is 0 Å². The molecule has 1 amide bonds. The highest BCUT2D eigenvalue weighted by Gasteiger charge is 2.23. The summed E-state index contributed by atoms with van der Waals surface area (Å²) in [5.74, 6) is 0.678. The van der Waals surface area contributed by atoms with E-state index in [0.29, 0.717) is 51.3 Å². The molecule has 1 aromatic carbocycles. The first-order valence-electron chi connectivity index (χ1n) is 12.1. The average molecular weight is 507 g/mol. The topological polar surface area (TPSA) is 167 Å². The molecule has 0 saturated heterocycles. The third-order valence-corrected chi connectivity index (χ3v) is 5.15. The average Bonchev–Trinajstić information content (AvgIpc) is 2.81. The van der Waals surface area contributed by atoms with E-state index < -0.39 is 5.60 Å². The van der Waals surface area contributed by atoms with Crippen molar-refractivity contribution in [2.75, 3.05) is 20.3 Å². The first-order chi connectivity index (χ1) is 16.8. The Morgan fingerprint density at radius 1 is 0.861 bits per heavy atom. The molecule has 0 atom stereocenters. The fraction of sp³-hybridized carbons (Fsp3) is 0.615. The molecule has 0 spiro atoms. The number of nitrogens with zero attached hydrogens (tertiary/aromatic N) is 2. The number of benzene rings is 1. The number of ether oxygens (including phenoxy) is 2. The minimum absolute atomic E-state index is 0.0394. The van der Waals surface area contributed by atoms with Crippen molar-refractivity contribution in [3.05, 3.63) is 35.4 Å². The molecule has 204 valence electrons. The number of hydrogen-bond donors (Lipinski definition) is 4. The number of amides is 1. The van der Waals surface area contributed by atoms with Gasteiger partial charge in [0.05, 0.1) is 24.4 Å². The van der Waals surface area contributed by atoms with Crippen LogP contribution < -0.4 is 22.5 Å². The normalized spacial score (nSPS) is 12.6. The molecule has 0 aliphatic rings. The maximum Gasteiger partial charge on any atom is 0.220 e. The summed E-state index contributed by atoms with van der Waals surface area (Å²) in [6.45, 7) is 12.5. The van der Waals surface area contributed by atoms with E-state index in [0.717, 1.165) is 11.1 Å². The second kappa shape index (κ2) is 16.8. The maximum absolute atomic E-state index is 12.3. The SMILES string of the molecule is CC(=O)CCOC(C)(C)CCOC(C)(C)CCC(=O)NCc1ccc(/C(N)=N/N=C(/C)N)cc1.CN. The molecule has 7 N–H and O–H groups in total. The van der Waals surface area contributed by atoms with Crippen molar-refractivity contribution in [2.45, 2.75) is 85.0 Å². The van der Waals surface area contributed by atoms with Crippen molar-refractivity contribution >= 4 is 23.4 Å². The Labute approximate surface area is 216 Å². The van der Waals surface area contributed by atoms with Crippen molar-refractivity contribution in [1.29, 1.82) is 0 Å². The van der Waals surface area contributed by atoms with Crippen molar-refractivity contribution in [1.82, 2.24) is 5.32 Å². The van der Waals surface area contributed by atoms with Crippen molar-refractivity contribution in [2.24, 2.45) is 27.4 Å². The summed E-state index contributed by atoms with van der Waals surface area (Å²) in [7, 11) is 1.50. The first-order valence-corrected chi connectivity index (χ1v) is 12.1. The Balaban J connectivity index is 0.00000596. The van der Waals surface area contributed by atoms with Crippen LogP contribution in [0, 0.1) is 0 Å². The fourth-order valence-electron chi connectivity index (χ4n) is 2.88. The molecule has 0 radical (unpaired) electrons.